The molecular formula is C11H24FNa. The normalized spacial score (nSPS) is 9.77. The molecule has 0 spiro atoms. The van der Waals surface area contributed by atoms with Crippen LogP contribution >= 0.6 is 0 Å². The van der Waals surface area contributed by atoms with Crippen LogP contribution in [-0.4, -0.2) is 27.9 Å². The average Bonchev–Trinajstić information content (AvgIpc) is 2.10. The Morgan fingerprint density at radius 1 is 0.692 bits per heavy atom. The summed E-state index contributed by atoms with van der Waals surface area (Å²) in [5.74, 6) is 0. The second-order valence-corrected chi connectivity index (χ2v) is 4.83. The molecular weight excluding hydrogens is 174 g/mol. The van der Waals surface area contributed by atoms with Gasteiger partial charge in [0.05, 0.1) is 0 Å². The molecule has 0 aromatic carbocycles. The van der Waals surface area contributed by atoms with Crippen molar-refractivity contribution in [3.63, 3.8) is 0 Å². The molecule has 0 aromatic heterocycles. The standard InChI is InChI=1S/C11H23.FH.Na/c1-3-5-7-9-11-10-8-6-4-2;;/h1,3-11H2,2H3;1H;. The Kier molecular flexibility index (Phi) is 19.4. The largest absolute Gasteiger partial charge is 0.269 e. The van der Waals surface area contributed by atoms with Gasteiger partial charge in [0.25, 0.3) is 0 Å². The smallest absolute Gasteiger partial charge is 0.269 e. The molecule has 13 heavy (non-hydrogen) atoms. The van der Waals surface area contributed by atoms with Gasteiger partial charge in [0, 0.05) is 0 Å². The third-order valence-electron chi connectivity index (χ3n) is 2.46. The molecule has 0 unspecified atom stereocenters. The van der Waals surface area contributed by atoms with Gasteiger partial charge in [-0.2, -0.15) is 0 Å². The van der Waals surface area contributed by atoms with Crippen molar-refractivity contribution in [1.29, 1.82) is 0 Å². The van der Waals surface area contributed by atoms with Gasteiger partial charge >= 0.3 is 96.3 Å². The van der Waals surface area contributed by atoms with Crippen molar-refractivity contribution < 1.29 is 4.70 Å². The molecule has 0 saturated heterocycles. The van der Waals surface area contributed by atoms with Gasteiger partial charge < -0.3 is 0 Å². The van der Waals surface area contributed by atoms with Crippen LogP contribution in [-0.2, 0) is 0 Å². The van der Waals surface area contributed by atoms with Gasteiger partial charge in [-0.15, -0.1) is 0 Å². The van der Waals surface area contributed by atoms with E-state index in [1.807, 2.05) is 0 Å². The molecule has 76 valence electrons. The molecule has 0 rings (SSSR count). The van der Waals surface area contributed by atoms with Crippen molar-refractivity contribution >= 4 is 27.9 Å². The van der Waals surface area contributed by atoms with E-state index in [0.717, 1.165) is 0 Å². The van der Waals surface area contributed by atoms with E-state index in [2.05, 4.69) is 6.92 Å². The van der Waals surface area contributed by atoms with Gasteiger partial charge in [-0.05, 0) is 0 Å². The van der Waals surface area contributed by atoms with Crippen LogP contribution in [0.15, 0.2) is 0 Å². The second-order valence-electron chi connectivity index (χ2n) is 3.83. The van der Waals surface area contributed by atoms with Crippen molar-refractivity contribution in [2.45, 2.75) is 68.4 Å². The maximum absolute atomic E-state index is 2.28. The van der Waals surface area contributed by atoms with Crippen LogP contribution in [0, 0.1) is 0 Å². The second kappa shape index (κ2) is 15.4. The van der Waals surface area contributed by atoms with Crippen LogP contribution in [0.1, 0.15) is 64.7 Å². The monoisotopic (exact) mass is 198 g/mol. The summed E-state index contributed by atoms with van der Waals surface area (Å²) < 4.78 is 1.51. The van der Waals surface area contributed by atoms with Crippen molar-refractivity contribution in [3.05, 3.63) is 0 Å². The number of unbranched alkanes of at least 4 members (excludes halogenated alkanes) is 8. The molecule has 0 bridgehead atoms. The first kappa shape index (κ1) is 16.4. The van der Waals surface area contributed by atoms with Gasteiger partial charge in [-0.3, -0.25) is 4.70 Å². The minimum atomic E-state index is 0. The minimum absolute atomic E-state index is 0. The maximum Gasteiger partial charge on any atom is -0.269 e. The van der Waals surface area contributed by atoms with E-state index in [4.69, 9.17) is 0 Å². The van der Waals surface area contributed by atoms with E-state index < -0.39 is 0 Å². The Morgan fingerprint density at radius 2 is 1.08 bits per heavy atom. The molecule has 0 aliphatic heterocycles. The first-order chi connectivity index (χ1) is 5.91. The van der Waals surface area contributed by atoms with Gasteiger partial charge in [0.15, 0.2) is 0 Å². The molecule has 0 aromatic rings. The molecule has 0 N–H and O–H groups in total. The summed E-state index contributed by atoms with van der Waals surface area (Å²) in [5.41, 5.74) is 0. The van der Waals surface area contributed by atoms with E-state index in [1.54, 1.807) is 0 Å². The molecule has 0 aliphatic carbocycles. The summed E-state index contributed by atoms with van der Waals surface area (Å²) in [6.45, 7) is 2.28. The first-order valence-corrected chi connectivity index (χ1v) is 7.33. The average molecular weight is 198 g/mol. The SMILES string of the molecule is CCCCCCCCCC[CH2][Na].F. The molecule has 0 atom stereocenters. The van der Waals surface area contributed by atoms with Gasteiger partial charge in [-0.1, -0.05) is 0 Å². The van der Waals surface area contributed by atoms with Crippen molar-refractivity contribution in [1.82, 2.24) is 0 Å². The molecule has 0 aliphatic rings. The molecule has 0 amide bonds. The number of rotatable bonds is 9. The van der Waals surface area contributed by atoms with Gasteiger partial charge in [0.1, 0.15) is 0 Å². The van der Waals surface area contributed by atoms with E-state index in [-0.39, 0.29) is 4.70 Å². The summed E-state index contributed by atoms with van der Waals surface area (Å²) in [4.78, 5) is 0. The molecule has 2 heteroatoms. The molecule has 0 heterocycles. The Labute approximate surface area is 101 Å². The summed E-state index contributed by atoms with van der Waals surface area (Å²) in [5, 5.41) is 0. The number of hydrogen-bond donors (Lipinski definition) is 0. The van der Waals surface area contributed by atoms with Gasteiger partial charge in [-0.25, -0.2) is 0 Å². The van der Waals surface area contributed by atoms with Crippen LogP contribution in [0.4, 0.5) is 4.70 Å². The van der Waals surface area contributed by atoms with E-state index in [1.165, 1.54) is 89.4 Å². The summed E-state index contributed by atoms with van der Waals surface area (Å²) in [6, 6.07) is 0. The Balaban J connectivity index is 0. The third-order valence-corrected chi connectivity index (χ3v) is 3.16. The molecule has 0 nitrogen and oxygen atoms in total. The number of halogens is 1. The van der Waals surface area contributed by atoms with Crippen molar-refractivity contribution in [3.8, 4) is 0 Å². The molecule has 0 fully saturated rings. The predicted molar refractivity (Wildman–Crippen MR) is 60.3 cm³/mol. The van der Waals surface area contributed by atoms with Crippen molar-refractivity contribution in [2.24, 2.45) is 0 Å². The van der Waals surface area contributed by atoms with Crippen LogP contribution in [0.5, 0.6) is 0 Å². The quantitative estimate of drug-likeness (QED) is 0.383. The van der Waals surface area contributed by atoms with Gasteiger partial charge in [0.2, 0.25) is 0 Å². The predicted octanol–water partition coefficient (Wildman–Crippen LogP) is 4.26. The topological polar surface area (TPSA) is 0 Å². The third kappa shape index (κ3) is 15.7. The fraction of sp³-hybridized carbons (Fsp3) is 1.00. The zero-order chi connectivity index (χ0) is 9.07. The summed E-state index contributed by atoms with van der Waals surface area (Å²) in [7, 11) is 0. The zero-order valence-corrected chi connectivity index (χ0v) is 11.5. The molecule has 0 saturated carbocycles. The van der Waals surface area contributed by atoms with Crippen LogP contribution in [0.2, 0.25) is 3.67 Å². The fourth-order valence-electron chi connectivity index (χ4n) is 1.56. The van der Waals surface area contributed by atoms with Crippen LogP contribution in [0.3, 0.4) is 0 Å². The number of hydrogen-bond acceptors (Lipinski definition) is 0. The fourth-order valence-corrected chi connectivity index (χ4v) is 2.06. The van der Waals surface area contributed by atoms with E-state index in [9.17, 15) is 0 Å². The Morgan fingerprint density at radius 3 is 1.46 bits per heavy atom. The summed E-state index contributed by atoms with van der Waals surface area (Å²) >= 11 is 1.41. The van der Waals surface area contributed by atoms with E-state index in [0.29, 0.717) is 0 Å². The summed E-state index contributed by atoms with van der Waals surface area (Å²) in [6.07, 6.45) is 13.2. The Hall–Kier alpha value is 0.930. The Bertz CT molecular complexity index is 66.5. The van der Waals surface area contributed by atoms with E-state index >= 15 is 0 Å². The minimum Gasteiger partial charge on any atom is -0.269 e. The van der Waals surface area contributed by atoms with Crippen LogP contribution in [0.25, 0.3) is 0 Å². The maximum atomic E-state index is 2.28. The zero-order valence-electron chi connectivity index (χ0n) is 9.48. The molecule has 0 radical (unpaired) electrons. The van der Waals surface area contributed by atoms with Crippen molar-refractivity contribution in [2.75, 3.05) is 0 Å². The van der Waals surface area contributed by atoms with Crippen LogP contribution < -0.4 is 0 Å². The first-order valence-electron chi connectivity index (χ1n) is 5.91.